The van der Waals surface area contributed by atoms with Gasteiger partial charge in [-0.25, -0.2) is 10.1 Å². The van der Waals surface area contributed by atoms with E-state index in [-0.39, 0.29) is 11.3 Å². The van der Waals surface area contributed by atoms with E-state index < -0.39 is 17.7 Å². The molecule has 1 heterocycles. The van der Waals surface area contributed by atoms with Gasteiger partial charge in [0.2, 0.25) is 0 Å². The SMILES string of the molecule is Cc1cccc(NC(=O)c2ccccc2NC(=O)C(=O)N/N=C/c2cn(-c3ccccc3)nc2-c2ccc(OCc3ccccc3)cc2)c1. The van der Waals surface area contributed by atoms with Crippen LogP contribution in [0.4, 0.5) is 11.4 Å². The molecule has 0 aliphatic heterocycles. The smallest absolute Gasteiger partial charge is 0.329 e. The Labute approximate surface area is 283 Å². The second-order valence-corrected chi connectivity index (χ2v) is 11.0. The minimum Gasteiger partial charge on any atom is -0.489 e. The molecule has 0 radical (unpaired) electrons. The van der Waals surface area contributed by atoms with Crippen molar-refractivity contribution < 1.29 is 19.1 Å². The van der Waals surface area contributed by atoms with Crippen molar-refractivity contribution in [2.45, 2.75) is 13.5 Å². The molecule has 0 aliphatic carbocycles. The Morgan fingerprint density at radius 3 is 2.24 bits per heavy atom. The fourth-order valence-electron chi connectivity index (χ4n) is 4.97. The highest BCUT2D eigenvalue weighted by Gasteiger charge is 2.18. The second kappa shape index (κ2) is 15.2. The molecule has 242 valence electrons. The van der Waals surface area contributed by atoms with Crippen molar-refractivity contribution in [2.75, 3.05) is 10.6 Å². The molecule has 3 amide bonds. The molecule has 0 saturated carbocycles. The number of carbonyl (C=O) groups is 3. The lowest BCUT2D eigenvalue weighted by molar-refractivity contribution is -0.136. The molecule has 0 atom stereocenters. The molecule has 0 saturated heterocycles. The zero-order valence-electron chi connectivity index (χ0n) is 26.5. The van der Waals surface area contributed by atoms with E-state index in [1.807, 2.05) is 110 Å². The van der Waals surface area contributed by atoms with Crippen LogP contribution in [0.5, 0.6) is 5.75 Å². The summed E-state index contributed by atoms with van der Waals surface area (Å²) in [7, 11) is 0. The average molecular weight is 649 g/mol. The minimum atomic E-state index is -1.01. The van der Waals surface area contributed by atoms with Gasteiger partial charge in [0.15, 0.2) is 0 Å². The normalized spacial score (nSPS) is 10.8. The molecule has 49 heavy (non-hydrogen) atoms. The molecule has 0 bridgehead atoms. The summed E-state index contributed by atoms with van der Waals surface area (Å²) in [6, 6.07) is 40.8. The molecule has 0 unspecified atom stereocenters. The summed E-state index contributed by atoms with van der Waals surface area (Å²) >= 11 is 0. The molecule has 1 aromatic heterocycles. The van der Waals surface area contributed by atoms with Gasteiger partial charge in [0.25, 0.3) is 5.91 Å². The number of aromatic nitrogens is 2. The maximum absolute atomic E-state index is 13.0. The van der Waals surface area contributed by atoms with Crippen LogP contribution in [-0.4, -0.2) is 33.7 Å². The summed E-state index contributed by atoms with van der Waals surface area (Å²) < 4.78 is 7.65. The lowest BCUT2D eigenvalue weighted by atomic mass is 10.1. The van der Waals surface area contributed by atoms with Gasteiger partial charge in [0.1, 0.15) is 18.1 Å². The number of aryl methyl sites for hydroxylation is 1. The Kier molecular flexibility index (Phi) is 9.96. The molecule has 5 aromatic carbocycles. The molecule has 3 N–H and O–H groups in total. The van der Waals surface area contributed by atoms with E-state index in [2.05, 4.69) is 21.2 Å². The largest absolute Gasteiger partial charge is 0.489 e. The zero-order valence-corrected chi connectivity index (χ0v) is 26.5. The number of hydrogen-bond donors (Lipinski definition) is 3. The Morgan fingerprint density at radius 1 is 0.776 bits per heavy atom. The third kappa shape index (κ3) is 8.32. The number of hydrazone groups is 1. The number of rotatable bonds is 10. The summed E-state index contributed by atoms with van der Waals surface area (Å²) in [6.07, 6.45) is 3.21. The Hall–Kier alpha value is -6.81. The highest BCUT2D eigenvalue weighted by Crippen LogP contribution is 2.26. The van der Waals surface area contributed by atoms with Crippen LogP contribution in [0, 0.1) is 6.92 Å². The van der Waals surface area contributed by atoms with Crippen LogP contribution < -0.4 is 20.8 Å². The quantitative estimate of drug-likeness (QED) is 0.0859. The molecule has 10 nitrogen and oxygen atoms in total. The van der Waals surface area contributed by atoms with Crippen LogP contribution in [0.3, 0.4) is 0 Å². The van der Waals surface area contributed by atoms with Gasteiger partial charge < -0.3 is 15.4 Å². The highest BCUT2D eigenvalue weighted by atomic mass is 16.5. The van der Waals surface area contributed by atoms with E-state index in [0.29, 0.717) is 29.3 Å². The molecule has 10 heteroatoms. The molecule has 6 aromatic rings. The maximum Gasteiger partial charge on any atom is 0.329 e. The second-order valence-electron chi connectivity index (χ2n) is 11.0. The number of carbonyl (C=O) groups excluding carboxylic acids is 3. The fraction of sp³-hybridized carbons (Fsp3) is 0.0513. The van der Waals surface area contributed by atoms with Gasteiger partial charge >= 0.3 is 11.8 Å². The number of nitrogens with zero attached hydrogens (tertiary/aromatic N) is 3. The summed E-state index contributed by atoms with van der Waals surface area (Å²) in [5, 5.41) is 14.2. The minimum absolute atomic E-state index is 0.180. The predicted octanol–water partition coefficient (Wildman–Crippen LogP) is 6.77. The number of benzene rings is 5. The van der Waals surface area contributed by atoms with Crippen LogP contribution in [0.15, 0.2) is 145 Å². The van der Waals surface area contributed by atoms with Crippen molar-refractivity contribution >= 4 is 35.3 Å². The van der Waals surface area contributed by atoms with Crippen molar-refractivity contribution in [3.05, 3.63) is 162 Å². The van der Waals surface area contributed by atoms with Crippen LogP contribution in [-0.2, 0) is 16.2 Å². The van der Waals surface area contributed by atoms with Crippen molar-refractivity contribution in [3.63, 3.8) is 0 Å². The van der Waals surface area contributed by atoms with Gasteiger partial charge in [0, 0.05) is 23.0 Å². The molecular weight excluding hydrogens is 616 g/mol. The van der Waals surface area contributed by atoms with Gasteiger partial charge in [-0.1, -0.05) is 72.8 Å². The van der Waals surface area contributed by atoms with Crippen molar-refractivity contribution in [1.82, 2.24) is 15.2 Å². The van der Waals surface area contributed by atoms with Crippen molar-refractivity contribution in [1.29, 1.82) is 0 Å². The summed E-state index contributed by atoms with van der Waals surface area (Å²) in [5.41, 5.74) is 8.15. The number of hydrogen-bond acceptors (Lipinski definition) is 6. The van der Waals surface area contributed by atoms with Gasteiger partial charge in [-0.2, -0.15) is 10.2 Å². The van der Waals surface area contributed by atoms with E-state index in [0.717, 1.165) is 22.4 Å². The Bertz CT molecular complexity index is 2110. The first kappa shape index (κ1) is 32.1. The third-order valence-electron chi connectivity index (χ3n) is 7.41. The summed E-state index contributed by atoms with van der Waals surface area (Å²) in [6.45, 7) is 2.36. The van der Waals surface area contributed by atoms with Crippen molar-refractivity contribution in [2.24, 2.45) is 5.10 Å². The Balaban J connectivity index is 1.14. The number of anilines is 2. The van der Waals surface area contributed by atoms with E-state index >= 15 is 0 Å². The van der Waals surface area contributed by atoms with Crippen LogP contribution >= 0.6 is 0 Å². The molecule has 0 aliphatic rings. The van der Waals surface area contributed by atoms with Gasteiger partial charge in [0.05, 0.1) is 23.2 Å². The van der Waals surface area contributed by atoms with E-state index in [9.17, 15) is 14.4 Å². The standard InChI is InChI=1S/C39H32N6O4/c1-27-11-10-14-31(23-27)41-37(46)34-17-8-9-18-35(34)42-38(47)39(48)43-40-24-30-25-45(32-15-6-3-7-16-32)44-36(30)29-19-21-33(22-20-29)49-26-28-12-4-2-5-13-28/h2-25H,26H2,1H3,(H,41,46)(H,42,47)(H,43,48)/b40-24+. The molecule has 0 fully saturated rings. The summed E-state index contributed by atoms with van der Waals surface area (Å²) in [4.78, 5) is 38.6. The van der Waals surface area contributed by atoms with Crippen LogP contribution in [0.2, 0.25) is 0 Å². The predicted molar refractivity (Wildman–Crippen MR) is 190 cm³/mol. The first-order valence-corrected chi connectivity index (χ1v) is 15.5. The number of ether oxygens (including phenoxy) is 1. The van der Waals surface area contributed by atoms with Crippen LogP contribution in [0.25, 0.3) is 16.9 Å². The van der Waals surface area contributed by atoms with Crippen molar-refractivity contribution in [3.8, 4) is 22.7 Å². The number of para-hydroxylation sites is 2. The van der Waals surface area contributed by atoms with E-state index in [1.54, 1.807) is 41.2 Å². The van der Waals surface area contributed by atoms with Gasteiger partial charge in [-0.15, -0.1) is 0 Å². The lowest BCUT2D eigenvalue weighted by Gasteiger charge is -2.11. The lowest BCUT2D eigenvalue weighted by Crippen LogP contribution is -2.33. The average Bonchev–Trinajstić information content (AvgIpc) is 3.56. The van der Waals surface area contributed by atoms with E-state index in [4.69, 9.17) is 9.84 Å². The molecule has 6 rings (SSSR count). The van der Waals surface area contributed by atoms with E-state index in [1.165, 1.54) is 6.21 Å². The van der Waals surface area contributed by atoms with Gasteiger partial charge in [-0.05, 0) is 78.7 Å². The van der Waals surface area contributed by atoms with Gasteiger partial charge in [-0.3, -0.25) is 14.4 Å². The zero-order chi connectivity index (χ0) is 34.0. The third-order valence-corrected chi connectivity index (χ3v) is 7.41. The summed E-state index contributed by atoms with van der Waals surface area (Å²) in [5.74, 6) is -1.72. The Morgan fingerprint density at radius 2 is 1.49 bits per heavy atom. The number of nitrogens with one attached hydrogen (secondary N) is 3. The fourth-order valence-corrected chi connectivity index (χ4v) is 4.97. The molecular formula is C39H32N6O4. The first-order valence-electron chi connectivity index (χ1n) is 15.5. The monoisotopic (exact) mass is 648 g/mol. The highest BCUT2D eigenvalue weighted by molar-refractivity contribution is 6.40. The topological polar surface area (TPSA) is 127 Å². The first-order chi connectivity index (χ1) is 23.9. The molecule has 0 spiro atoms. The number of amides is 3. The maximum atomic E-state index is 13.0. The van der Waals surface area contributed by atoms with Crippen LogP contribution in [0.1, 0.15) is 27.0 Å².